The molecule has 0 bridgehead atoms. The first kappa shape index (κ1) is 16.5. The lowest BCUT2D eigenvalue weighted by atomic mass is 10.0. The van der Waals surface area contributed by atoms with Crippen molar-refractivity contribution in [2.45, 2.75) is 32.6 Å². The van der Waals surface area contributed by atoms with Gasteiger partial charge in [-0.15, -0.1) is 0 Å². The molecule has 5 heteroatoms. The Morgan fingerprint density at radius 3 is 2.50 bits per heavy atom. The highest BCUT2D eigenvalue weighted by atomic mass is 32.1. The summed E-state index contributed by atoms with van der Waals surface area (Å²) < 4.78 is 0. The van der Waals surface area contributed by atoms with Crippen LogP contribution in [0.3, 0.4) is 0 Å². The summed E-state index contributed by atoms with van der Waals surface area (Å²) >= 11 is 1.05. The van der Waals surface area contributed by atoms with E-state index in [-0.39, 0.29) is 10.8 Å². The molecule has 3 aromatic rings. The van der Waals surface area contributed by atoms with E-state index in [1.165, 1.54) is 11.1 Å². The molecule has 2 aromatic heterocycles. The average molecular weight is 340 g/mol. The maximum absolute atomic E-state index is 11.2. The Balaban J connectivity index is 1.62. The largest absolute Gasteiger partial charge is 0.494 e. The predicted octanol–water partition coefficient (Wildman–Crippen LogP) is 3.48. The van der Waals surface area contributed by atoms with Gasteiger partial charge in [-0.05, 0) is 48.1 Å². The Labute approximate surface area is 144 Å². The van der Waals surface area contributed by atoms with Gasteiger partial charge in [0.25, 0.3) is 0 Å². The number of aromatic hydroxyl groups is 1. The summed E-state index contributed by atoms with van der Waals surface area (Å²) in [5.74, 6) is -0.0176. The van der Waals surface area contributed by atoms with Crippen molar-refractivity contribution in [3.8, 4) is 5.88 Å². The summed E-state index contributed by atoms with van der Waals surface area (Å²) in [6, 6.07) is 12.5. The van der Waals surface area contributed by atoms with Crippen LogP contribution in [-0.2, 0) is 25.7 Å². The normalized spacial score (nSPS) is 10.9. The van der Waals surface area contributed by atoms with Gasteiger partial charge in [-0.1, -0.05) is 42.5 Å². The molecule has 0 atom stereocenters. The monoisotopic (exact) mass is 340 g/mol. The van der Waals surface area contributed by atoms with Gasteiger partial charge in [0, 0.05) is 18.3 Å². The van der Waals surface area contributed by atoms with Crippen molar-refractivity contribution in [1.29, 1.82) is 0 Å². The molecule has 2 heterocycles. The van der Waals surface area contributed by atoms with E-state index in [1.807, 2.05) is 6.20 Å². The lowest BCUT2D eigenvalue weighted by Crippen LogP contribution is -1.96. The molecule has 0 aliphatic rings. The van der Waals surface area contributed by atoms with E-state index in [0.29, 0.717) is 11.3 Å². The van der Waals surface area contributed by atoms with Crippen molar-refractivity contribution in [2.24, 2.45) is 0 Å². The molecule has 0 aliphatic heterocycles. The van der Waals surface area contributed by atoms with Gasteiger partial charge in [0.2, 0.25) is 5.88 Å². The van der Waals surface area contributed by atoms with Gasteiger partial charge in [0.1, 0.15) is 0 Å². The molecule has 0 aliphatic carbocycles. The topological polar surface area (TPSA) is 66.0 Å². The number of aromatic amines is 1. The molecule has 0 fully saturated rings. The molecule has 0 spiro atoms. The fraction of sp³-hybridized carbons (Fsp3) is 0.263. The molecule has 3 rings (SSSR count). The number of thiazole rings is 1. The van der Waals surface area contributed by atoms with Crippen molar-refractivity contribution in [1.82, 2.24) is 9.97 Å². The highest BCUT2D eigenvalue weighted by Crippen LogP contribution is 2.20. The van der Waals surface area contributed by atoms with Gasteiger partial charge in [0.15, 0.2) is 0 Å². The predicted molar refractivity (Wildman–Crippen MR) is 96.9 cm³/mol. The molecular weight excluding hydrogens is 320 g/mol. The van der Waals surface area contributed by atoms with Gasteiger partial charge >= 0.3 is 4.87 Å². The average Bonchev–Trinajstić information content (AvgIpc) is 2.91. The second-order valence-electron chi connectivity index (χ2n) is 5.79. The van der Waals surface area contributed by atoms with E-state index in [9.17, 15) is 9.90 Å². The highest BCUT2D eigenvalue weighted by Gasteiger charge is 2.07. The summed E-state index contributed by atoms with van der Waals surface area (Å²) in [5.41, 5.74) is 4.78. The maximum atomic E-state index is 11.2. The summed E-state index contributed by atoms with van der Waals surface area (Å²) in [4.78, 5) is 18.5. The minimum Gasteiger partial charge on any atom is -0.494 e. The maximum Gasteiger partial charge on any atom is 0.307 e. The van der Waals surface area contributed by atoms with Crippen LogP contribution >= 0.6 is 11.3 Å². The van der Waals surface area contributed by atoms with E-state index >= 15 is 0 Å². The second-order valence-corrected chi connectivity index (χ2v) is 6.86. The lowest BCUT2D eigenvalue weighted by Gasteiger charge is -2.05. The summed E-state index contributed by atoms with van der Waals surface area (Å²) in [6.07, 6.45) is 5.35. The fourth-order valence-corrected chi connectivity index (χ4v) is 3.40. The third-order valence-corrected chi connectivity index (χ3v) is 4.92. The van der Waals surface area contributed by atoms with E-state index in [4.69, 9.17) is 0 Å². The SMILES string of the molecule is CCc1ccnc(CCc2ccc(Cc3sc(=O)[nH]c3O)cc2)c1. The van der Waals surface area contributed by atoms with Crippen LogP contribution < -0.4 is 4.87 Å². The van der Waals surface area contributed by atoms with Crippen LogP contribution in [0.4, 0.5) is 0 Å². The van der Waals surface area contributed by atoms with Crippen molar-refractivity contribution in [3.63, 3.8) is 0 Å². The summed E-state index contributed by atoms with van der Waals surface area (Å²) in [7, 11) is 0. The first-order chi connectivity index (χ1) is 11.6. The van der Waals surface area contributed by atoms with Gasteiger partial charge < -0.3 is 5.11 Å². The number of rotatable bonds is 6. The molecule has 0 unspecified atom stereocenters. The zero-order valence-corrected chi connectivity index (χ0v) is 14.4. The number of hydrogen-bond acceptors (Lipinski definition) is 4. The van der Waals surface area contributed by atoms with Crippen molar-refractivity contribution in [3.05, 3.63) is 79.5 Å². The van der Waals surface area contributed by atoms with E-state index in [1.54, 1.807) is 0 Å². The molecule has 124 valence electrons. The molecule has 0 saturated heterocycles. The Morgan fingerprint density at radius 2 is 1.83 bits per heavy atom. The summed E-state index contributed by atoms with van der Waals surface area (Å²) in [5, 5.41) is 9.65. The fourth-order valence-electron chi connectivity index (χ4n) is 2.64. The highest BCUT2D eigenvalue weighted by molar-refractivity contribution is 7.09. The Bertz CT molecular complexity index is 866. The number of nitrogens with zero attached hydrogens (tertiary/aromatic N) is 1. The molecule has 4 nitrogen and oxygen atoms in total. The Kier molecular flexibility index (Phi) is 5.11. The van der Waals surface area contributed by atoms with Crippen molar-refractivity contribution >= 4 is 11.3 Å². The number of pyridine rings is 1. The summed E-state index contributed by atoms with van der Waals surface area (Å²) in [6.45, 7) is 2.15. The first-order valence-electron chi connectivity index (χ1n) is 8.06. The molecule has 0 radical (unpaired) electrons. The van der Waals surface area contributed by atoms with Crippen LogP contribution in [0.1, 0.15) is 34.2 Å². The van der Waals surface area contributed by atoms with Crippen molar-refractivity contribution in [2.75, 3.05) is 0 Å². The standard InChI is InChI=1S/C19H20N2O2S/c1-2-13-9-10-20-16(11-13)8-7-14-3-5-15(6-4-14)12-17-18(22)21-19(23)24-17/h3-6,9-11,22H,2,7-8,12H2,1H3,(H,21,23). The van der Waals surface area contributed by atoms with E-state index in [2.05, 4.69) is 53.3 Å². The molecule has 2 N–H and O–H groups in total. The molecular formula is C19H20N2O2S. The van der Waals surface area contributed by atoms with Crippen LogP contribution in [0.25, 0.3) is 0 Å². The van der Waals surface area contributed by atoms with Crippen LogP contribution in [0, 0.1) is 0 Å². The van der Waals surface area contributed by atoms with Crippen LogP contribution in [-0.4, -0.2) is 15.1 Å². The third kappa shape index (κ3) is 4.11. The first-order valence-corrected chi connectivity index (χ1v) is 8.88. The number of hydrogen-bond donors (Lipinski definition) is 2. The number of H-pyrrole nitrogens is 1. The lowest BCUT2D eigenvalue weighted by molar-refractivity contribution is 0.451. The van der Waals surface area contributed by atoms with Crippen LogP contribution in [0.5, 0.6) is 5.88 Å². The van der Waals surface area contributed by atoms with Crippen LogP contribution in [0.15, 0.2) is 47.4 Å². The molecule has 24 heavy (non-hydrogen) atoms. The van der Waals surface area contributed by atoms with Gasteiger partial charge in [-0.25, -0.2) is 0 Å². The quantitative estimate of drug-likeness (QED) is 0.722. The number of benzene rings is 1. The minimum atomic E-state index is -0.221. The minimum absolute atomic E-state index is 0.0176. The number of aromatic nitrogens is 2. The molecule has 1 aromatic carbocycles. The second kappa shape index (κ2) is 7.45. The zero-order chi connectivity index (χ0) is 16.9. The molecule has 0 saturated carbocycles. The third-order valence-electron chi connectivity index (χ3n) is 4.05. The Hall–Kier alpha value is -2.40. The number of nitrogens with one attached hydrogen (secondary N) is 1. The van der Waals surface area contributed by atoms with Crippen molar-refractivity contribution < 1.29 is 5.11 Å². The van der Waals surface area contributed by atoms with E-state index < -0.39 is 0 Å². The van der Waals surface area contributed by atoms with Gasteiger partial charge in [-0.2, -0.15) is 0 Å². The molecule has 0 amide bonds. The zero-order valence-electron chi connectivity index (χ0n) is 13.6. The van der Waals surface area contributed by atoms with Gasteiger partial charge in [0.05, 0.1) is 4.88 Å². The van der Waals surface area contributed by atoms with Crippen LogP contribution in [0.2, 0.25) is 0 Å². The number of aryl methyl sites for hydroxylation is 3. The Morgan fingerprint density at radius 1 is 1.08 bits per heavy atom. The van der Waals surface area contributed by atoms with E-state index in [0.717, 1.165) is 41.9 Å². The van der Waals surface area contributed by atoms with Gasteiger partial charge in [-0.3, -0.25) is 14.8 Å². The smallest absolute Gasteiger partial charge is 0.307 e.